The minimum Gasteiger partial charge on any atom is -0.435 e. The van der Waals surface area contributed by atoms with Crippen LogP contribution in [0.3, 0.4) is 0 Å². The van der Waals surface area contributed by atoms with Crippen LogP contribution < -0.4 is 15.6 Å². The number of nitrogens with zero attached hydrogens (tertiary/aromatic N) is 1. The van der Waals surface area contributed by atoms with Crippen molar-refractivity contribution in [1.29, 1.82) is 0 Å². The first-order chi connectivity index (χ1) is 11.8. The normalized spacial score (nSPS) is 12.3. The van der Waals surface area contributed by atoms with E-state index in [1.807, 2.05) is 13.8 Å². The second kappa shape index (κ2) is 7.87. The van der Waals surface area contributed by atoms with Crippen molar-refractivity contribution in [3.63, 3.8) is 0 Å². The number of halogens is 2. The Morgan fingerprint density at radius 2 is 1.88 bits per heavy atom. The predicted molar refractivity (Wildman–Crippen MR) is 87.7 cm³/mol. The van der Waals surface area contributed by atoms with Gasteiger partial charge in [0.15, 0.2) is 0 Å². The molecule has 0 aliphatic heterocycles. The number of hydrogen-bond acceptors (Lipinski definition) is 4. The maximum Gasteiger partial charge on any atom is 0.387 e. The molecule has 2 aromatic rings. The summed E-state index contributed by atoms with van der Waals surface area (Å²) in [6, 6.07) is 6.80. The van der Waals surface area contributed by atoms with E-state index >= 15 is 0 Å². The molecule has 8 heteroatoms. The Morgan fingerprint density at radius 3 is 2.40 bits per heavy atom. The van der Waals surface area contributed by atoms with Crippen LogP contribution in [-0.2, 0) is 0 Å². The molecular formula is C17H19F2N3O3. The second-order valence-corrected chi connectivity index (χ2v) is 5.86. The van der Waals surface area contributed by atoms with Crippen LogP contribution in [0.5, 0.6) is 5.75 Å². The molecule has 0 radical (unpaired) electrons. The summed E-state index contributed by atoms with van der Waals surface area (Å²) in [4.78, 5) is 30.4. The summed E-state index contributed by atoms with van der Waals surface area (Å²) in [5, 5.41) is 2.82. The van der Waals surface area contributed by atoms with E-state index in [9.17, 15) is 18.4 Å². The molecule has 0 spiro atoms. The first-order valence-corrected chi connectivity index (χ1v) is 7.70. The van der Waals surface area contributed by atoms with Crippen LogP contribution in [0.4, 0.5) is 8.78 Å². The Morgan fingerprint density at radius 1 is 1.24 bits per heavy atom. The van der Waals surface area contributed by atoms with Gasteiger partial charge in [0.05, 0.1) is 6.04 Å². The topological polar surface area (TPSA) is 84.1 Å². The highest BCUT2D eigenvalue weighted by Gasteiger charge is 2.20. The van der Waals surface area contributed by atoms with Crippen molar-refractivity contribution in [1.82, 2.24) is 15.3 Å². The average molecular weight is 351 g/mol. The molecule has 0 fully saturated rings. The van der Waals surface area contributed by atoms with Crippen LogP contribution in [0.25, 0.3) is 0 Å². The first-order valence-electron chi connectivity index (χ1n) is 7.70. The van der Waals surface area contributed by atoms with Crippen LogP contribution in [0.1, 0.15) is 41.8 Å². The number of ether oxygens (including phenoxy) is 1. The van der Waals surface area contributed by atoms with E-state index in [1.54, 1.807) is 19.1 Å². The number of hydrogen-bond donors (Lipinski definition) is 2. The molecule has 0 saturated heterocycles. The van der Waals surface area contributed by atoms with Gasteiger partial charge in [0.2, 0.25) is 0 Å². The van der Waals surface area contributed by atoms with Crippen LogP contribution in [0, 0.1) is 12.8 Å². The second-order valence-electron chi connectivity index (χ2n) is 5.86. The molecule has 1 aromatic carbocycles. The molecule has 2 N–H and O–H groups in total. The Bertz CT molecular complexity index is 788. The number of rotatable bonds is 6. The van der Waals surface area contributed by atoms with Crippen molar-refractivity contribution in [3.8, 4) is 5.75 Å². The van der Waals surface area contributed by atoms with Gasteiger partial charge in [-0.2, -0.15) is 8.78 Å². The number of carbonyl (C=O) groups is 1. The van der Waals surface area contributed by atoms with Gasteiger partial charge in [-0.25, -0.2) is 4.98 Å². The number of carbonyl (C=O) groups excluding carboxylic acids is 1. The highest BCUT2D eigenvalue weighted by Crippen LogP contribution is 2.25. The van der Waals surface area contributed by atoms with Crippen molar-refractivity contribution < 1.29 is 18.3 Å². The van der Waals surface area contributed by atoms with Gasteiger partial charge in [0.1, 0.15) is 17.3 Å². The maximum absolute atomic E-state index is 12.4. The molecular weight excluding hydrogens is 332 g/mol. The van der Waals surface area contributed by atoms with Crippen LogP contribution >= 0.6 is 0 Å². The van der Waals surface area contributed by atoms with Crippen molar-refractivity contribution >= 4 is 5.91 Å². The predicted octanol–water partition coefficient (Wildman–Crippen LogP) is 2.81. The van der Waals surface area contributed by atoms with E-state index in [2.05, 4.69) is 20.0 Å². The molecule has 2 rings (SSSR count). The Kier molecular flexibility index (Phi) is 5.84. The molecule has 0 unspecified atom stereocenters. The maximum atomic E-state index is 12.4. The summed E-state index contributed by atoms with van der Waals surface area (Å²) in [7, 11) is 0. The lowest BCUT2D eigenvalue weighted by atomic mass is 9.96. The molecule has 134 valence electrons. The molecule has 1 atom stereocenters. The third-order valence-electron chi connectivity index (χ3n) is 3.51. The monoisotopic (exact) mass is 351 g/mol. The van der Waals surface area contributed by atoms with Crippen LogP contribution in [0.15, 0.2) is 35.1 Å². The summed E-state index contributed by atoms with van der Waals surface area (Å²) < 4.78 is 28.8. The standard InChI is InChI=1S/C17H19F2N3O3/c1-9(2)15(11-4-6-12(7-5-11)25-17(18)19)22-16(24)13-8-14(23)21-10(3)20-13/h4-9,15,17H,1-3H3,(H,22,24)(H,20,21,23)/t15-/m1/s1. The number of alkyl halides is 2. The molecule has 0 saturated carbocycles. The van der Waals surface area contributed by atoms with Crippen molar-refractivity contribution in [3.05, 3.63) is 57.8 Å². The third-order valence-corrected chi connectivity index (χ3v) is 3.51. The van der Waals surface area contributed by atoms with Crippen LogP contribution in [-0.4, -0.2) is 22.5 Å². The van der Waals surface area contributed by atoms with Gasteiger partial charge in [-0.1, -0.05) is 26.0 Å². The molecule has 1 aromatic heterocycles. The van der Waals surface area contributed by atoms with Gasteiger partial charge in [0.25, 0.3) is 11.5 Å². The summed E-state index contributed by atoms with van der Waals surface area (Å²) in [5.41, 5.74) is 0.336. The quantitative estimate of drug-likeness (QED) is 0.838. The lowest BCUT2D eigenvalue weighted by Crippen LogP contribution is -2.33. The number of aryl methyl sites for hydroxylation is 1. The number of amides is 1. The lowest BCUT2D eigenvalue weighted by Gasteiger charge is -2.23. The Hall–Kier alpha value is -2.77. The average Bonchev–Trinajstić information content (AvgIpc) is 2.51. The number of aromatic nitrogens is 2. The van der Waals surface area contributed by atoms with Gasteiger partial charge in [-0.15, -0.1) is 0 Å². The first kappa shape index (κ1) is 18.6. The van der Waals surface area contributed by atoms with Gasteiger partial charge < -0.3 is 15.0 Å². The summed E-state index contributed by atoms with van der Waals surface area (Å²) >= 11 is 0. The molecule has 0 bridgehead atoms. The Balaban J connectivity index is 2.20. The SMILES string of the molecule is Cc1nc(C(=O)N[C@@H](c2ccc(OC(F)F)cc2)C(C)C)cc(=O)[nH]1. The van der Waals surface area contributed by atoms with E-state index in [0.29, 0.717) is 5.82 Å². The van der Waals surface area contributed by atoms with Gasteiger partial charge >= 0.3 is 6.61 Å². The largest absolute Gasteiger partial charge is 0.435 e. The van der Waals surface area contributed by atoms with E-state index in [0.717, 1.165) is 11.6 Å². The van der Waals surface area contributed by atoms with E-state index in [1.165, 1.54) is 12.1 Å². The third kappa shape index (κ3) is 5.10. The molecule has 25 heavy (non-hydrogen) atoms. The van der Waals surface area contributed by atoms with Crippen LogP contribution in [0.2, 0.25) is 0 Å². The van der Waals surface area contributed by atoms with Gasteiger partial charge in [0, 0.05) is 6.07 Å². The van der Waals surface area contributed by atoms with E-state index < -0.39 is 18.1 Å². The zero-order chi connectivity index (χ0) is 18.6. The molecule has 1 heterocycles. The highest BCUT2D eigenvalue weighted by atomic mass is 19.3. The summed E-state index contributed by atoms with van der Waals surface area (Å²) in [6.07, 6.45) is 0. The number of nitrogens with one attached hydrogen (secondary N) is 2. The van der Waals surface area contributed by atoms with Gasteiger partial charge in [-0.3, -0.25) is 9.59 Å². The smallest absolute Gasteiger partial charge is 0.387 e. The summed E-state index contributed by atoms with van der Waals surface area (Å²) in [5.74, 6) is -0.0820. The molecule has 6 nitrogen and oxygen atoms in total. The number of H-pyrrole nitrogens is 1. The fraction of sp³-hybridized carbons (Fsp3) is 0.353. The van der Waals surface area contributed by atoms with E-state index in [-0.39, 0.29) is 23.4 Å². The van der Waals surface area contributed by atoms with Crippen molar-refractivity contribution in [2.45, 2.75) is 33.4 Å². The van der Waals surface area contributed by atoms with E-state index in [4.69, 9.17) is 0 Å². The molecule has 0 aliphatic rings. The minimum atomic E-state index is -2.89. The summed E-state index contributed by atoms with van der Waals surface area (Å²) in [6.45, 7) is 2.51. The fourth-order valence-corrected chi connectivity index (χ4v) is 2.40. The molecule has 0 aliphatic carbocycles. The zero-order valence-electron chi connectivity index (χ0n) is 14.0. The lowest BCUT2D eigenvalue weighted by molar-refractivity contribution is -0.0498. The van der Waals surface area contributed by atoms with Crippen molar-refractivity contribution in [2.75, 3.05) is 0 Å². The van der Waals surface area contributed by atoms with Gasteiger partial charge in [-0.05, 0) is 30.5 Å². The number of benzene rings is 1. The fourth-order valence-electron chi connectivity index (χ4n) is 2.40. The number of aromatic amines is 1. The zero-order valence-corrected chi connectivity index (χ0v) is 14.0. The highest BCUT2D eigenvalue weighted by molar-refractivity contribution is 5.92. The molecule has 1 amide bonds. The van der Waals surface area contributed by atoms with Crippen molar-refractivity contribution in [2.24, 2.45) is 5.92 Å². The minimum absolute atomic E-state index is 0.0181. The Labute approximate surface area is 143 Å².